The van der Waals surface area contributed by atoms with Crippen molar-refractivity contribution in [3.63, 3.8) is 0 Å². The molecule has 3 heterocycles. The normalized spacial score (nSPS) is 13.9. The molecule has 180 valence electrons. The maximum absolute atomic E-state index is 12.9. The topological polar surface area (TPSA) is 63.5 Å². The third-order valence-electron chi connectivity index (χ3n) is 6.63. The summed E-state index contributed by atoms with van der Waals surface area (Å²) in [6.45, 7) is 9.15. The van der Waals surface area contributed by atoms with Gasteiger partial charge in [-0.1, -0.05) is 42.8 Å². The van der Waals surface area contributed by atoms with Gasteiger partial charge < -0.3 is 14.5 Å². The van der Waals surface area contributed by atoms with Crippen LogP contribution in [-0.2, 0) is 11.2 Å². The van der Waals surface area contributed by atoms with Crippen molar-refractivity contribution < 1.29 is 9.53 Å². The molecule has 0 unspecified atom stereocenters. The fourth-order valence-electron chi connectivity index (χ4n) is 4.65. The van der Waals surface area contributed by atoms with Gasteiger partial charge in [-0.25, -0.2) is 4.68 Å². The molecule has 7 heteroatoms. The van der Waals surface area contributed by atoms with Crippen LogP contribution in [0.15, 0.2) is 60.7 Å². The molecule has 5 rings (SSSR count). The molecular formula is C28H31N5O2. The smallest absolute Gasteiger partial charge is 0.260 e. The lowest BCUT2D eigenvalue weighted by molar-refractivity contribution is -0.133. The van der Waals surface area contributed by atoms with Crippen LogP contribution in [-0.4, -0.2) is 58.4 Å². The van der Waals surface area contributed by atoms with Crippen LogP contribution in [0.25, 0.3) is 16.7 Å². The second-order valence-electron chi connectivity index (χ2n) is 9.00. The van der Waals surface area contributed by atoms with Crippen molar-refractivity contribution in [2.24, 2.45) is 0 Å². The molecule has 1 fully saturated rings. The van der Waals surface area contributed by atoms with E-state index in [9.17, 15) is 4.79 Å². The predicted octanol–water partition coefficient (Wildman–Crippen LogP) is 4.33. The molecule has 0 spiro atoms. The molecule has 1 saturated heterocycles. The molecule has 2 aromatic carbocycles. The summed E-state index contributed by atoms with van der Waals surface area (Å²) in [6.07, 6.45) is 0.825. The van der Waals surface area contributed by atoms with Gasteiger partial charge in [0, 0.05) is 43.3 Å². The zero-order valence-corrected chi connectivity index (χ0v) is 20.6. The van der Waals surface area contributed by atoms with E-state index < -0.39 is 0 Å². The SMILES string of the molecule is CCc1cc(OCC(=O)N2CCN(c3ccccc3)CC2)nc2c1c(C)nn2-c1ccc(C)cc1. The number of carbonyl (C=O) groups excluding carboxylic acids is 1. The summed E-state index contributed by atoms with van der Waals surface area (Å²) in [4.78, 5) is 21.8. The monoisotopic (exact) mass is 469 g/mol. The Hall–Kier alpha value is -3.87. The summed E-state index contributed by atoms with van der Waals surface area (Å²) < 4.78 is 7.81. The van der Waals surface area contributed by atoms with Gasteiger partial charge in [0.1, 0.15) is 0 Å². The zero-order valence-electron chi connectivity index (χ0n) is 20.6. The van der Waals surface area contributed by atoms with Crippen molar-refractivity contribution in [3.8, 4) is 11.6 Å². The van der Waals surface area contributed by atoms with Gasteiger partial charge in [0.05, 0.1) is 11.4 Å². The first-order valence-electron chi connectivity index (χ1n) is 12.2. The van der Waals surface area contributed by atoms with Crippen molar-refractivity contribution >= 4 is 22.6 Å². The quantitative estimate of drug-likeness (QED) is 0.421. The number of piperazine rings is 1. The Labute approximate surface area is 205 Å². The van der Waals surface area contributed by atoms with Crippen LogP contribution in [0.5, 0.6) is 5.88 Å². The number of benzene rings is 2. The van der Waals surface area contributed by atoms with Crippen molar-refractivity contribution in [1.29, 1.82) is 0 Å². The summed E-state index contributed by atoms with van der Waals surface area (Å²) in [7, 11) is 0. The summed E-state index contributed by atoms with van der Waals surface area (Å²) in [5.41, 5.74) is 6.14. The van der Waals surface area contributed by atoms with E-state index in [-0.39, 0.29) is 12.5 Å². The summed E-state index contributed by atoms with van der Waals surface area (Å²) in [6, 6.07) is 20.5. The number of rotatable bonds is 6. The molecule has 0 bridgehead atoms. The number of carbonyl (C=O) groups is 1. The highest BCUT2D eigenvalue weighted by Crippen LogP contribution is 2.28. The van der Waals surface area contributed by atoms with Gasteiger partial charge in [-0.15, -0.1) is 0 Å². The largest absolute Gasteiger partial charge is 0.467 e. The fourth-order valence-corrected chi connectivity index (χ4v) is 4.65. The van der Waals surface area contributed by atoms with Crippen LogP contribution in [0.3, 0.4) is 0 Å². The predicted molar refractivity (Wildman–Crippen MR) is 138 cm³/mol. The Morgan fingerprint density at radius 2 is 1.66 bits per heavy atom. The number of amides is 1. The number of hydrogen-bond acceptors (Lipinski definition) is 5. The standard InChI is InChI=1S/C28H31N5O2/c1-4-22-18-25(29-28-27(22)21(3)30-33(28)24-12-10-20(2)11-13-24)35-19-26(34)32-16-14-31(15-17-32)23-8-6-5-7-9-23/h5-13,18H,4,14-17,19H2,1-3H3. The summed E-state index contributed by atoms with van der Waals surface area (Å²) in [5, 5.41) is 5.80. The number of aromatic nitrogens is 3. The third kappa shape index (κ3) is 4.71. The van der Waals surface area contributed by atoms with Crippen LogP contribution < -0.4 is 9.64 Å². The first-order valence-corrected chi connectivity index (χ1v) is 12.2. The molecular weight excluding hydrogens is 438 g/mol. The Bertz CT molecular complexity index is 1320. The molecule has 0 aliphatic carbocycles. The average Bonchev–Trinajstić information content (AvgIpc) is 3.24. The summed E-state index contributed by atoms with van der Waals surface area (Å²) >= 11 is 0. The van der Waals surface area contributed by atoms with E-state index in [0.717, 1.165) is 47.5 Å². The maximum Gasteiger partial charge on any atom is 0.260 e. The molecule has 0 saturated carbocycles. The number of ether oxygens (including phenoxy) is 1. The van der Waals surface area contributed by atoms with Gasteiger partial charge >= 0.3 is 0 Å². The van der Waals surface area contributed by atoms with Crippen LogP contribution >= 0.6 is 0 Å². The van der Waals surface area contributed by atoms with Crippen molar-refractivity contribution in [1.82, 2.24) is 19.7 Å². The fraction of sp³-hybridized carbons (Fsp3) is 0.321. The third-order valence-corrected chi connectivity index (χ3v) is 6.63. The van der Waals surface area contributed by atoms with Crippen LogP contribution in [0.2, 0.25) is 0 Å². The van der Waals surface area contributed by atoms with E-state index in [1.165, 1.54) is 11.3 Å². The molecule has 1 amide bonds. The number of hydrogen-bond donors (Lipinski definition) is 0. The minimum Gasteiger partial charge on any atom is -0.467 e. The highest BCUT2D eigenvalue weighted by molar-refractivity contribution is 5.84. The molecule has 0 N–H and O–H groups in total. The molecule has 1 aliphatic heterocycles. The first kappa shape index (κ1) is 22.9. The number of aryl methyl sites for hydroxylation is 3. The van der Waals surface area contributed by atoms with Gasteiger partial charge in [0.2, 0.25) is 5.88 Å². The lowest BCUT2D eigenvalue weighted by Crippen LogP contribution is -2.50. The van der Waals surface area contributed by atoms with Crippen molar-refractivity contribution in [2.75, 3.05) is 37.7 Å². The van der Waals surface area contributed by atoms with E-state index in [2.05, 4.69) is 43.0 Å². The molecule has 1 aliphatic rings. The maximum atomic E-state index is 12.9. The minimum absolute atomic E-state index is 0.0131. The number of anilines is 1. The summed E-state index contributed by atoms with van der Waals surface area (Å²) in [5.74, 6) is 0.444. The van der Waals surface area contributed by atoms with Gasteiger partial charge in [-0.05, 0) is 50.1 Å². The van der Waals surface area contributed by atoms with Gasteiger partial charge in [-0.2, -0.15) is 10.1 Å². The Balaban J connectivity index is 1.31. The molecule has 0 atom stereocenters. The Morgan fingerprint density at radius 3 is 2.34 bits per heavy atom. The molecule has 0 radical (unpaired) electrons. The molecule has 2 aromatic heterocycles. The molecule has 7 nitrogen and oxygen atoms in total. The molecule has 4 aromatic rings. The van der Waals surface area contributed by atoms with E-state index in [0.29, 0.717) is 19.0 Å². The van der Waals surface area contributed by atoms with E-state index >= 15 is 0 Å². The van der Waals surface area contributed by atoms with Crippen molar-refractivity contribution in [2.45, 2.75) is 27.2 Å². The van der Waals surface area contributed by atoms with Crippen LogP contribution in [0, 0.1) is 13.8 Å². The average molecular weight is 470 g/mol. The number of para-hydroxylation sites is 1. The van der Waals surface area contributed by atoms with Gasteiger partial charge in [0.15, 0.2) is 12.3 Å². The number of pyridine rings is 1. The van der Waals surface area contributed by atoms with Crippen LogP contribution in [0.4, 0.5) is 5.69 Å². The lowest BCUT2D eigenvalue weighted by Gasteiger charge is -2.36. The van der Waals surface area contributed by atoms with Crippen LogP contribution in [0.1, 0.15) is 23.7 Å². The minimum atomic E-state index is -0.0232. The Kier molecular flexibility index (Phi) is 6.40. The van der Waals surface area contributed by atoms with E-state index in [4.69, 9.17) is 14.8 Å². The van der Waals surface area contributed by atoms with Crippen molar-refractivity contribution in [3.05, 3.63) is 77.5 Å². The zero-order chi connectivity index (χ0) is 24.4. The number of nitrogens with zero attached hydrogens (tertiary/aromatic N) is 5. The first-order chi connectivity index (χ1) is 17.0. The highest BCUT2D eigenvalue weighted by atomic mass is 16.5. The van der Waals surface area contributed by atoms with E-state index in [1.54, 1.807) is 0 Å². The Morgan fingerprint density at radius 1 is 0.943 bits per heavy atom. The highest BCUT2D eigenvalue weighted by Gasteiger charge is 2.22. The second-order valence-corrected chi connectivity index (χ2v) is 9.00. The van der Waals surface area contributed by atoms with E-state index in [1.807, 2.05) is 52.9 Å². The lowest BCUT2D eigenvalue weighted by atomic mass is 10.1. The van der Waals surface area contributed by atoms with Gasteiger partial charge in [0.25, 0.3) is 5.91 Å². The van der Waals surface area contributed by atoms with Gasteiger partial charge in [-0.3, -0.25) is 4.79 Å². The second kappa shape index (κ2) is 9.78. The number of fused-ring (bicyclic) bond motifs is 1. The molecule has 35 heavy (non-hydrogen) atoms.